The van der Waals surface area contributed by atoms with Crippen LogP contribution in [0.1, 0.15) is 19.0 Å². The molecular formula is C22H23N3O5. The molecule has 1 aromatic heterocycles. The Labute approximate surface area is 173 Å². The van der Waals surface area contributed by atoms with Gasteiger partial charge in [-0.05, 0) is 42.8 Å². The molecule has 8 nitrogen and oxygen atoms in total. The standard InChI is InChI=1S/C22H23N3O5/c1-3-29-21(28)13-19(27)23-8-9-30-20-10-14(2)24-22(25-20)17-5-4-16-12-18(26)7-6-15(16)11-17/h4-7,10-12,26H,3,8-9,13H2,1-2H3,(H,23,27). The third-order valence-corrected chi connectivity index (χ3v) is 4.20. The van der Waals surface area contributed by atoms with E-state index in [9.17, 15) is 14.7 Å². The first kappa shape index (κ1) is 21.0. The molecule has 3 aromatic rings. The molecule has 0 bridgehead atoms. The molecular weight excluding hydrogens is 386 g/mol. The van der Waals surface area contributed by atoms with E-state index in [1.165, 1.54) is 0 Å². The summed E-state index contributed by atoms with van der Waals surface area (Å²) in [6, 6.07) is 12.6. The van der Waals surface area contributed by atoms with Gasteiger partial charge in [0.15, 0.2) is 5.82 Å². The second-order valence-corrected chi connectivity index (χ2v) is 6.60. The zero-order valence-electron chi connectivity index (χ0n) is 16.8. The summed E-state index contributed by atoms with van der Waals surface area (Å²) in [4.78, 5) is 31.8. The van der Waals surface area contributed by atoms with Crippen LogP contribution in [0.5, 0.6) is 11.6 Å². The van der Waals surface area contributed by atoms with Crippen LogP contribution in [0.15, 0.2) is 42.5 Å². The molecule has 0 radical (unpaired) electrons. The normalized spacial score (nSPS) is 10.6. The highest BCUT2D eigenvalue weighted by Gasteiger charge is 2.10. The number of fused-ring (bicyclic) bond motifs is 1. The van der Waals surface area contributed by atoms with E-state index in [2.05, 4.69) is 15.3 Å². The topological polar surface area (TPSA) is 111 Å². The van der Waals surface area contributed by atoms with Crippen LogP contribution in [0.25, 0.3) is 22.2 Å². The molecule has 156 valence electrons. The maximum Gasteiger partial charge on any atom is 0.315 e. The Morgan fingerprint density at radius 2 is 1.83 bits per heavy atom. The van der Waals surface area contributed by atoms with E-state index >= 15 is 0 Å². The fourth-order valence-electron chi connectivity index (χ4n) is 2.87. The van der Waals surface area contributed by atoms with Crippen molar-refractivity contribution in [3.63, 3.8) is 0 Å². The maximum atomic E-state index is 11.7. The first-order valence-corrected chi connectivity index (χ1v) is 9.58. The number of carbonyl (C=O) groups excluding carboxylic acids is 2. The molecule has 0 saturated carbocycles. The number of rotatable bonds is 8. The summed E-state index contributed by atoms with van der Waals surface area (Å²) in [5, 5.41) is 14.1. The minimum absolute atomic E-state index is 0.196. The van der Waals surface area contributed by atoms with E-state index in [4.69, 9.17) is 9.47 Å². The number of amides is 1. The Hall–Kier alpha value is -3.68. The molecule has 8 heteroatoms. The molecule has 2 aromatic carbocycles. The van der Waals surface area contributed by atoms with Crippen LogP contribution in [0.2, 0.25) is 0 Å². The smallest absolute Gasteiger partial charge is 0.315 e. The highest BCUT2D eigenvalue weighted by molar-refractivity contribution is 5.94. The number of nitrogens with zero attached hydrogens (tertiary/aromatic N) is 2. The maximum absolute atomic E-state index is 11.7. The number of phenols is 1. The number of ether oxygens (including phenoxy) is 2. The Morgan fingerprint density at radius 3 is 2.63 bits per heavy atom. The van der Waals surface area contributed by atoms with Gasteiger partial charge in [0.25, 0.3) is 0 Å². The Bertz CT molecular complexity index is 1070. The number of nitrogens with one attached hydrogen (secondary N) is 1. The van der Waals surface area contributed by atoms with E-state index in [0.29, 0.717) is 11.7 Å². The number of phenolic OH excluding ortho intramolecular Hbond substituents is 1. The van der Waals surface area contributed by atoms with E-state index in [1.54, 1.807) is 25.1 Å². The van der Waals surface area contributed by atoms with Crippen LogP contribution in [-0.2, 0) is 14.3 Å². The number of aryl methyl sites for hydroxylation is 1. The van der Waals surface area contributed by atoms with E-state index in [-0.39, 0.29) is 31.9 Å². The van der Waals surface area contributed by atoms with Crippen molar-refractivity contribution in [1.82, 2.24) is 15.3 Å². The van der Waals surface area contributed by atoms with Gasteiger partial charge in [-0.15, -0.1) is 0 Å². The van der Waals surface area contributed by atoms with Crippen LogP contribution in [0, 0.1) is 6.92 Å². The van der Waals surface area contributed by atoms with Gasteiger partial charge in [-0.25, -0.2) is 4.98 Å². The molecule has 0 fully saturated rings. The lowest BCUT2D eigenvalue weighted by molar-refractivity contribution is -0.145. The van der Waals surface area contributed by atoms with E-state index < -0.39 is 11.9 Å². The van der Waals surface area contributed by atoms with Crippen molar-refractivity contribution >= 4 is 22.6 Å². The molecule has 0 atom stereocenters. The number of carbonyl (C=O) groups is 2. The minimum Gasteiger partial charge on any atom is -0.508 e. The van der Waals surface area contributed by atoms with Gasteiger partial charge in [0.2, 0.25) is 11.8 Å². The SMILES string of the molecule is CCOC(=O)CC(=O)NCCOc1cc(C)nc(-c2ccc3cc(O)ccc3c2)n1. The molecule has 0 saturated heterocycles. The third-order valence-electron chi connectivity index (χ3n) is 4.20. The van der Waals surface area contributed by atoms with Gasteiger partial charge in [-0.3, -0.25) is 9.59 Å². The van der Waals surface area contributed by atoms with Crippen molar-refractivity contribution in [2.45, 2.75) is 20.3 Å². The molecule has 1 heterocycles. The first-order valence-electron chi connectivity index (χ1n) is 9.58. The fourth-order valence-corrected chi connectivity index (χ4v) is 2.87. The lowest BCUT2D eigenvalue weighted by Gasteiger charge is -2.10. The Kier molecular flexibility index (Phi) is 6.79. The average molecular weight is 409 g/mol. The van der Waals surface area contributed by atoms with Gasteiger partial charge in [-0.1, -0.05) is 18.2 Å². The monoisotopic (exact) mass is 409 g/mol. The molecule has 3 rings (SSSR count). The molecule has 30 heavy (non-hydrogen) atoms. The number of hydrogen-bond donors (Lipinski definition) is 2. The summed E-state index contributed by atoms with van der Waals surface area (Å²) in [7, 11) is 0. The zero-order valence-corrected chi connectivity index (χ0v) is 16.8. The summed E-state index contributed by atoms with van der Waals surface area (Å²) >= 11 is 0. The summed E-state index contributed by atoms with van der Waals surface area (Å²) in [5.41, 5.74) is 1.57. The highest BCUT2D eigenvalue weighted by Crippen LogP contribution is 2.26. The van der Waals surface area contributed by atoms with Crippen LogP contribution in [-0.4, -0.2) is 46.7 Å². The minimum atomic E-state index is -0.558. The van der Waals surface area contributed by atoms with Crippen molar-refractivity contribution in [1.29, 1.82) is 0 Å². The van der Waals surface area contributed by atoms with Gasteiger partial charge in [0.1, 0.15) is 18.8 Å². The largest absolute Gasteiger partial charge is 0.508 e. The second kappa shape index (κ2) is 9.69. The van der Waals surface area contributed by atoms with Gasteiger partial charge >= 0.3 is 5.97 Å². The number of aromatic nitrogens is 2. The van der Waals surface area contributed by atoms with Crippen LogP contribution in [0.3, 0.4) is 0 Å². The number of hydrogen-bond acceptors (Lipinski definition) is 7. The van der Waals surface area contributed by atoms with Gasteiger partial charge in [-0.2, -0.15) is 4.98 Å². The van der Waals surface area contributed by atoms with Crippen molar-refractivity contribution in [3.05, 3.63) is 48.2 Å². The quantitative estimate of drug-likeness (QED) is 0.334. The number of benzene rings is 2. The number of esters is 1. The van der Waals surface area contributed by atoms with Crippen LogP contribution < -0.4 is 10.1 Å². The molecule has 0 spiro atoms. The predicted octanol–water partition coefficient (Wildman–Crippen LogP) is 2.76. The molecule has 1 amide bonds. The van der Waals surface area contributed by atoms with Crippen molar-refractivity contribution in [2.24, 2.45) is 0 Å². The van der Waals surface area contributed by atoms with Gasteiger partial charge < -0.3 is 19.9 Å². The van der Waals surface area contributed by atoms with Gasteiger partial charge in [0, 0.05) is 17.3 Å². The molecule has 0 unspecified atom stereocenters. The fraction of sp³-hybridized carbons (Fsp3) is 0.273. The summed E-state index contributed by atoms with van der Waals surface area (Å²) in [6.45, 7) is 4.20. The Balaban J connectivity index is 1.62. The summed E-state index contributed by atoms with van der Waals surface area (Å²) in [6.07, 6.45) is -0.315. The van der Waals surface area contributed by atoms with Crippen molar-refractivity contribution < 1.29 is 24.2 Å². The van der Waals surface area contributed by atoms with Crippen LogP contribution >= 0.6 is 0 Å². The van der Waals surface area contributed by atoms with Crippen LogP contribution in [0.4, 0.5) is 0 Å². The molecule has 0 aliphatic carbocycles. The predicted molar refractivity (Wildman–Crippen MR) is 111 cm³/mol. The molecule has 0 aliphatic heterocycles. The highest BCUT2D eigenvalue weighted by atomic mass is 16.5. The van der Waals surface area contributed by atoms with Crippen molar-refractivity contribution in [2.75, 3.05) is 19.8 Å². The summed E-state index contributed by atoms with van der Waals surface area (Å²) < 4.78 is 10.4. The second-order valence-electron chi connectivity index (χ2n) is 6.60. The molecule has 0 aliphatic rings. The first-order chi connectivity index (χ1) is 14.4. The lowest BCUT2D eigenvalue weighted by atomic mass is 10.1. The average Bonchev–Trinajstić information content (AvgIpc) is 2.70. The van der Waals surface area contributed by atoms with E-state index in [1.807, 2.05) is 31.2 Å². The molecule has 2 N–H and O–H groups in total. The Morgan fingerprint density at radius 1 is 1.07 bits per heavy atom. The van der Waals surface area contributed by atoms with Crippen molar-refractivity contribution in [3.8, 4) is 23.0 Å². The lowest BCUT2D eigenvalue weighted by Crippen LogP contribution is -2.30. The third kappa shape index (κ3) is 5.66. The summed E-state index contributed by atoms with van der Waals surface area (Å²) in [5.74, 6) is 0.151. The number of aromatic hydroxyl groups is 1. The van der Waals surface area contributed by atoms with Gasteiger partial charge in [0.05, 0.1) is 13.2 Å². The van der Waals surface area contributed by atoms with E-state index in [0.717, 1.165) is 22.0 Å². The zero-order chi connectivity index (χ0) is 21.5.